The van der Waals surface area contributed by atoms with Gasteiger partial charge in [0, 0.05) is 31.4 Å². The zero-order valence-corrected chi connectivity index (χ0v) is 15.3. The summed E-state index contributed by atoms with van der Waals surface area (Å²) in [4.78, 5) is 0.0776. The molecule has 0 saturated carbocycles. The van der Waals surface area contributed by atoms with E-state index in [1.807, 2.05) is 6.07 Å². The number of aromatic nitrogens is 2. The Bertz CT molecular complexity index is 825. The largest absolute Gasteiger partial charge is 0.497 e. The molecule has 0 atom stereocenters. The molecular formula is C16H19ClN4O3S. The summed E-state index contributed by atoms with van der Waals surface area (Å²) < 4.78 is 32.3. The van der Waals surface area contributed by atoms with Gasteiger partial charge < -0.3 is 10.1 Å². The fourth-order valence-electron chi connectivity index (χ4n) is 2.78. The fraction of sp³-hybridized carbons (Fsp3) is 0.375. The number of methoxy groups -OCH3 is 1. The lowest BCUT2D eigenvalue weighted by Crippen LogP contribution is -2.42. The van der Waals surface area contributed by atoms with Crippen molar-refractivity contribution in [2.24, 2.45) is 0 Å². The van der Waals surface area contributed by atoms with Crippen LogP contribution in [-0.4, -0.2) is 49.2 Å². The Kier molecular flexibility index (Phi) is 5.41. The minimum atomic E-state index is -3.66. The van der Waals surface area contributed by atoms with E-state index in [2.05, 4.69) is 15.5 Å². The van der Waals surface area contributed by atoms with Gasteiger partial charge in [0.2, 0.25) is 10.0 Å². The summed E-state index contributed by atoms with van der Waals surface area (Å²) in [5.74, 6) is 1.15. The molecule has 25 heavy (non-hydrogen) atoms. The molecule has 1 fully saturated rings. The van der Waals surface area contributed by atoms with Crippen LogP contribution in [0.3, 0.4) is 0 Å². The van der Waals surface area contributed by atoms with Gasteiger partial charge in [0.1, 0.15) is 16.5 Å². The molecule has 0 radical (unpaired) electrons. The summed E-state index contributed by atoms with van der Waals surface area (Å²) in [6, 6.07) is 8.44. The lowest BCUT2D eigenvalue weighted by atomic mass is 10.1. The van der Waals surface area contributed by atoms with E-state index in [-0.39, 0.29) is 16.0 Å². The smallest absolute Gasteiger partial charge is 0.244 e. The molecule has 1 aliphatic rings. The second kappa shape index (κ2) is 7.55. The van der Waals surface area contributed by atoms with Crippen LogP contribution in [0.4, 0.5) is 5.82 Å². The monoisotopic (exact) mass is 382 g/mol. The molecule has 9 heteroatoms. The number of rotatable bonds is 5. The summed E-state index contributed by atoms with van der Waals surface area (Å²) in [5, 5.41) is 11.3. The van der Waals surface area contributed by atoms with Crippen molar-refractivity contribution in [2.45, 2.75) is 23.8 Å². The van der Waals surface area contributed by atoms with Crippen LogP contribution in [0.25, 0.3) is 0 Å². The van der Waals surface area contributed by atoms with E-state index in [1.165, 1.54) is 23.5 Å². The van der Waals surface area contributed by atoms with Gasteiger partial charge in [0.05, 0.1) is 12.1 Å². The second-order valence-electron chi connectivity index (χ2n) is 5.73. The van der Waals surface area contributed by atoms with Gasteiger partial charge in [0.15, 0.2) is 0 Å². The van der Waals surface area contributed by atoms with E-state index in [0.717, 1.165) is 0 Å². The number of anilines is 1. The van der Waals surface area contributed by atoms with E-state index in [4.69, 9.17) is 16.3 Å². The number of nitrogens with one attached hydrogen (secondary N) is 1. The first-order chi connectivity index (χ1) is 12.0. The summed E-state index contributed by atoms with van der Waals surface area (Å²) in [6.07, 6.45) is 2.97. The summed E-state index contributed by atoms with van der Waals surface area (Å²) in [6.45, 7) is 0.821. The van der Waals surface area contributed by atoms with Crippen LogP contribution in [-0.2, 0) is 10.0 Å². The molecule has 0 aliphatic carbocycles. The van der Waals surface area contributed by atoms with Crippen LogP contribution in [0.2, 0.25) is 5.02 Å². The first-order valence-corrected chi connectivity index (χ1v) is 9.70. The maximum atomic E-state index is 12.9. The number of benzene rings is 1. The normalized spacial score (nSPS) is 16.6. The minimum Gasteiger partial charge on any atom is -0.497 e. The average Bonchev–Trinajstić information content (AvgIpc) is 2.63. The molecule has 1 saturated heterocycles. The van der Waals surface area contributed by atoms with Gasteiger partial charge in [0.25, 0.3) is 0 Å². The molecule has 1 aromatic heterocycles. The maximum absolute atomic E-state index is 12.9. The Morgan fingerprint density at radius 1 is 1.28 bits per heavy atom. The number of halogens is 1. The van der Waals surface area contributed by atoms with Crippen molar-refractivity contribution in [2.75, 3.05) is 25.5 Å². The van der Waals surface area contributed by atoms with Crippen molar-refractivity contribution in [1.82, 2.24) is 14.5 Å². The zero-order valence-electron chi connectivity index (χ0n) is 13.7. The maximum Gasteiger partial charge on any atom is 0.244 e. The van der Waals surface area contributed by atoms with Crippen LogP contribution in [0.1, 0.15) is 12.8 Å². The molecule has 0 unspecified atom stereocenters. The molecule has 2 heterocycles. The standard InChI is InChI=1S/C16H19ClN4O3S/c1-24-13-4-5-14(17)15(11-13)25(22,23)21-9-6-12(7-10-21)19-16-3-2-8-18-20-16/h2-5,8,11-12H,6-7,9-10H2,1H3,(H,19,20). The molecule has 7 nitrogen and oxygen atoms in total. The van der Waals surface area contributed by atoms with E-state index in [1.54, 1.807) is 18.3 Å². The first kappa shape index (κ1) is 17.9. The number of ether oxygens (including phenoxy) is 1. The Balaban J connectivity index is 1.69. The Morgan fingerprint density at radius 2 is 2.04 bits per heavy atom. The highest BCUT2D eigenvalue weighted by molar-refractivity contribution is 7.89. The van der Waals surface area contributed by atoms with E-state index < -0.39 is 10.0 Å². The molecule has 1 aromatic carbocycles. The van der Waals surface area contributed by atoms with Crippen LogP contribution in [0.15, 0.2) is 41.4 Å². The third-order valence-electron chi connectivity index (χ3n) is 4.13. The molecule has 1 aliphatic heterocycles. The fourth-order valence-corrected chi connectivity index (χ4v) is 4.73. The van der Waals surface area contributed by atoms with Crippen molar-refractivity contribution in [1.29, 1.82) is 0 Å². The molecule has 0 amide bonds. The zero-order chi connectivity index (χ0) is 17.9. The number of sulfonamides is 1. The predicted molar refractivity (Wildman–Crippen MR) is 95.4 cm³/mol. The molecule has 134 valence electrons. The number of hydrogen-bond donors (Lipinski definition) is 1. The van der Waals surface area contributed by atoms with Crippen molar-refractivity contribution < 1.29 is 13.2 Å². The molecule has 1 N–H and O–H groups in total. The minimum absolute atomic E-state index is 0.0776. The third-order valence-corrected chi connectivity index (χ3v) is 6.51. The van der Waals surface area contributed by atoms with Crippen molar-refractivity contribution in [3.8, 4) is 5.75 Å². The third kappa shape index (κ3) is 4.02. The molecule has 2 aromatic rings. The highest BCUT2D eigenvalue weighted by Crippen LogP contribution is 2.30. The van der Waals surface area contributed by atoms with Crippen LogP contribution in [0, 0.1) is 0 Å². The lowest BCUT2D eigenvalue weighted by molar-refractivity contribution is 0.329. The van der Waals surface area contributed by atoms with Crippen LogP contribution < -0.4 is 10.1 Å². The first-order valence-electron chi connectivity index (χ1n) is 7.88. The van der Waals surface area contributed by atoms with Gasteiger partial charge in [-0.25, -0.2) is 8.42 Å². The van der Waals surface area contributed by atoms with E-state index >= 15 is 0 Å². The van der Waals surface area contributed by atoms with Crippen molar-refractivity contribution in [3.05, 3.63) is 41.6 Å². The van der Waals surface area contributed by atoms with Gasteiger partial charge >= 0.3 is 0 Å². The Hall–Kier alpha value is -1.90. The Labute approximate surface area is 152 Å². The van der Waals surface area contributed by atoms with Crippen molar-refractivity contribution >= 4 is 27.4 Å². The van der Waals surface area contributed by atoms with Crippen LogP contribution >= 0.6 is 11.6 Å². The summed E-state index contributed by atoms with van der Waals surface area (Å²) in [7, 11) is -2.17. The molecule has 3 rings (SSSR count). The lowest BCUT2D eigenvalue weighted by Gasteiger charge is -2.32. The molecule has 0 spiro atoms. The SMILES string of the molecule is COc1ccc(Cl)c(S(=O)(=O)N2CCC(Nc3cccnn3)CC2)c1. The van der Waals surface area contributed by atoms with Gasteiger partial charge in [-0.3, -0.25) is 0 Å². The topological polar surface area (TPSA) is 84.4 Å². The molecule has 0 bridgehead atoms. The highest BCUT2D eigenvalue weighted by Gasteiger charge is 2.31. The van der Waals surface area contributed by atoms with E-state index in [9.17, 15) is 8.42 Å². The van der Waals surface area contributed by atoms with Gasteiger partial charge in [-0.2, -0.15) is 9.40 Å². The number of piperidine rings is 1. The summed E-state index contributed by atoms with van der Waals surface area (Å²) in [5.41, 5.74) is 0. The van der Waals surface area contributed by atoms with Crippen LogP contribution in [0.5, 0.6) is 5.75 Å². The average molecular weight is 383 g/mol. The summed E-state index contributed by atoms with van der Waals surface area (Å²) >= 11 is 6.10. The van der Waals surface area contributed by atoms with Gasteiger partial charge in [-0.15, -0.1) is 5.10 Å². The van der Waals surface area contributed by atoms with E-state index in [0.29, 0.717) is 37.5 Å². The number of hydrogen-bond acceptors (Lipinski definition) is 6. The Morgan fingerprint density at radius 3 is 2.68 bits per heavy atom. The second-order valence-corrected chi connectivity index (χ2v) is 8.04. The van der Waals surface area contributed by atoms with Gasteiger partial charge in [-0.05, 0) is 37.1 Å². The quantitative estimate of drug-likeness (QED) is 0.854. The molecular weight excluding hydrogens is 364 g/mol. The van der Waals surface area contributed by atoms with Gasteiger partial charge in [-0.1, -0.05) is 11.6 Å². The van der Waals surface area contributed by atoms with Crippen molar-refractivity contribution in [3.63, 3.8) is 0 Å². The highest BCUT2D eigenvalue weighted by atomic mass is 35.5. The predicted octanol–water partition coefficient (Wildman–Crippen LogP) is 2.40. The number of nitrogens with zero attached hydrogens (tertiary/aromatic N) is 3.